The summed E-state index contributed by atoms with van der Waals surface area (Å²) in [5, 5.41) is 4.53. The number of benzene rings is 1. The van der Waals surface area contributed by atoms with Crippen LogP contribution in [0, 0.1) is 5.92 Å². The van der Waals surface area contributed by atoms with Gasteiger partial charge < -0.3 is 15.8 Å². The van der Waals surface area contributed by atoms with Gasteiger partial charge in [0.2, 0.25) is 0 Å². The molecule has 2 atom stereocenters. The van der Waals surface area contributed by atoms with E-state index in [0.29, 0.717) is 22.5 Å². The molecule has 0 saturated heterocycles. The molecule has 0 unspecified atom stereocenters. The summed E-state index contributed by atoms with van der Waals surface area (Å²) in [6.45, 7) is 8.69. The maximum atomic E-state index is 6.21. The lowest BCUT2D eigenvalue weighted by Gasteiger charge is -2.33. The quantitative estimate of drug-likeness (QED) is 0.635. The van der Waals surface area contributed by atoms with Crippen LogP contribution in [-0.4, -0.2) is 12.8 Å². The summed E-state index contributed by atoms with van der Waals surface area (Å²) >= 11 is 12.3. The molecule has 0 radical (unpaired) electrons. The van der Waals surface area contributed by atoms with Gasteiger partial charge in [0, 0.05) is 18.4 Å². The average Bonchev–Trinajstić information content (AvgIpc) is 3.03. The zero-order valence-electron chi connectivity index (χ0n) is 14.3. The zero-order chi connectivity index (χ0) is 17.7. The number of nitrogens with one attached hydrogen (secondary N) is 1. The van der Waals surface area contributed by atoms with Crippen molar-refractivity contribution in [3.8, 4) is 0 Å². The predicted molar refractivity (Wildman–Crippen MR) is 102 cm³/mol. The van der Waals surface area contributed by atoms with Crippen LogP contribution in [0.5, 0.6) is 0 Å². The van der Waals surface area contributed by atoms with Crippen molar-refractivity contribution in [1.29, 1.82) is 0 Å². The fraction of sp³-hybridized carbons (Fsp3) is 0.474. The van der Waals surface area contributed by atoms with Gasteiger partial charge in [-0.15, -0.1) is 6.58 Å². The van der Waals surface area contributed by atoms with Crippen molar-refractivity contribution in [2.75, 3.05) is 6.54 Å². The smallest absolute Gasteiger partial charge is 0.169 e. The van der Waals surface area contributed by atoms with E-state index in [0.717, 1.165) is 30.5 Å². The van der Waals surface area contributed by atoms with Crippen molar-refractivity contribution in [2.24, 2.45) is 11.7 Å². The first-order chi connectivity index (χ1) is 11.4. The van der Waals surface area contributed by atoms with Crippen LogP contribution in [0.4, 0.5) is 0 Å². The molecular formula is C19H26Cl2N2O. The number of allylic oxidation sites excluding steroid dienone is 2. The van der Waals surface area contributed by atoms with Crippen molar-refractivity contribution in [3.05, 3.63) is 58.4 Å². The molecule has 1 aliphatic heterocycles. The molecular weight excluding hydrogens is 343 g/mol. The highest BCUT2D eigenvalue weighted by molar-refractivity contribution is 6.42. The topological polar surface area (TPSA) is 47.3 Å². The molecule has 132 valence electrons. The highest BCUT2D eigenvalue weighted by Gasteiger charge is 2.32. The molecule has 5 heteroatoms. The van der Waals surface area contributed by atoms with Gasteiger partial charge in [0.25, 0.3) is 0 Å². The number of nitrogens with two attached hydrogens (primary N) is 1. The van der Waals surface area contributed by atoms with E-state index in [1.54, 1.807) is 0 Å². The monoisotopic (exact) mass is 368 g/mol. The zero-order valence-corrected chi connectivity index (χ0v) is 15.8. The second kappa shape index (κ2) is 8.28. The SMILES string of the molecule is C=CC[C@@](CN)(CC[C@H]1NC(C(C)C)=CO1)c1ccc(Cl)c(Cl)c1. The maximum absolute atomic E-state index is 6.21. The predicted octanol–water partition coefficient (Wildman–Crippen LogP) is 4.99. The standard InChI is InChI=1S/C19H26Cl2N2O/c1-4-8-19(12-22,14-5-6-15(20)16(21)10-14)9-7-18-23-17(11-24-18)13(2)3/h4-6,10-11,13,18,23H,1,7-9,12,22H2,2-3H3/t18-,19-/m0/s1. The first-order valence-electron chi connectivity index (χ1n) is 8.30. The molecule has 24 heavy (non-hydrogen) atoms. The first-order valence-corrected chi connectivity index (χ1v) is 9.06. The summed E-state index contributed by atoms with van der Waals surface area (Å²) in [6.07, 6.45) is 6.21. The third kappa shape index (κ3) is 4.27. The summed E-state index contributed by atoms with van der Waals surface area (Å²) in [5.74, 6) is 0.428. The Morgan fingerprint density at radius 3 is 2.67 bits per heavy atom. The van der Waals surface area contributed by atoms with Crippen LogP contribution < -0.4 is 11.1 Å². The van der Waals surface area contributed by atoms with E-state index >= 15 is 0 Å². The molecule has 0 aliphatic carbocycles. The molecule has 2 rings (SSSR count). The summed E-state index contributed by atoms with van der Waals surface area (Å²) < 4.78 is 5.74. The van der Waals surface area contributed by atoms with Crippen molar-refractivity contribution < 1.29 is 4.74 Å². The minimum absolute atomic E-state index is 0.0130. The Kier molecular flexibility index (Phi) is 6.62. The Hall–Kier alpha value is -1.16. The molecule has 1 heterocycles. The lowest BCUT2D eigenvalue weighted by atomic mass is 9.74. The second-order valence-electron chi connectivity index (χ2n) is 6.64. The fourth-order valence-electron chi connectivity index (χ4n) is 3.03. The number of ether oxygens (including phenoxy) is 1. The normalized spacial score (nSPS) is 19.4. The summed E-state index contributed by atoms with van der Waals surface area (Å²) in [5.41, 5.74) is 8.18. The molecule has 0 bridgehead atoms. The van der Waals surface area contributed by atoms with Gasteiger partial charge in [-0.25, -0.2) is 0 Å². The molecule has 1 aromatic carbocycles. The molecule has 1 aromatic rings. The van der Waals surface area contributed by atoms with Crippen molar-refractivity contribution in [3.63, 3.8) is 0 Å². The van der Waals surface area contributed by atoms with E-state index in [4.69, 9.17) is 33.7 Å². The Morgan fingerprint density at radius 1 is 1.38 bits per heavy atom. The van der Waals surface area contributed by atoms with Crippen molar-refractivity contribution in [2.45, 2.75) is 44.8 Å². The second-order valence-corrected chi connectivity index (χ2v) is 7.46. The van der Waals surface area contributed by atoms with E-state index < -0.39 is 0 Å². The van der Waals surface area contributed by atoms with Crippen LogP contribution in [0.2, 0.25) is 10.0 Å². The number of hydrogen-bond donors (Lipinski definition) is 2. The third-order valence-electron chi connectivity index (χ3n) is 4.65. The van der Waals surface area contributed by atoms with Crippen LogP contribution in [0.1, 0.15) is 38.7 Å². The van der Waals surface area contributed by atoms with Crippen molar-refractivity contribution >= 4 is 23.2 Å². The molecule has 3 nitrogen and oxygen atoms in total. The fourth-order valence-corrected chi connectivity index (χ4v) is 3.33. The highest BCUT2D eigenvalue weighted by atomic mass is 35.5. The summed E-state index contributed by atoms with van der Waals surface area (Å²) in [4.78, 5) is 0. The number of rotatable bonds is 8. The largest absolute Gasteiger partial charge is 0.477 e. The maximum Gasteiger partial charge on any atom is 0.169 e. The molecule has 0 spiro atoms. The molecule has 0 amide bonds. The van der Waals surface area contributed by atoms with E-state index in [9.17, 15) is 0 Å². The Labute approximate surface area is 154 Å². The summed E-state index contributed by atoms with van der Waals surface area (Å²) in [7, 11) is 0. The van der Waals surface area contributed by atoms with E-state index in [-0.39, 0.29) is 11.6 Å². The highest BCUT2D eigenvalue weighted by Crippen LogP contribution is 2.37. The van der Waals surface area contributed by atoms with E-state index in [2.05, 4.69) is 25.7 Å². The van der Waals surface area contributed by atoms with Gasteiger partial charge in [-0.3, -0.25) is 0 Å². The minimum Gasteiger partial charge on any atom is -0.477 e. The minimum atomic E-state index is -0.221. The van der Waals surface area contributed by atoms with Gasteiger partial charge in [0.15, 0.2) is 6.23 Å². The van der Waals surface area contributed by atoms with Gasteiger partial charge >= 0.3 is 0 Å². The molecule has 0 saturated carbocycles. The van der Waals surface area contributed by atoms with Crippen molar-refractivity contribution in [1.82, 2.24) is 5.32 Å². The first kappa shape index (κ1) is 19.2. The molecule has 3 N–H and O–H groups in total. The lowest BCUT2D eigenvalue weighted by Crippen LogP contribution is -2.37. The third-order valence-corrected chi connectivity index (χ3v) is 5.39. The molecule has 0 aromatic heterocycles. The number of halogens is 2. The Balaban J connectivity index is 2.13. The lowest BCUT2D eigenvalue weighted by molar-refractivity contribution is 0.130. The van der Waals surface area contributed by atoms with E-state index in [1.165, 1.54) is 0 Å². The van der Waals surface area contributed by atoms with Crippen LogP contribution in [0.15, 0.2) is 42.8 Å². The number of hydrogen-bond acceptors (Lipinski definition) is 3. The van der Waals surface area contributed by atoms with Gasteiger partial charge in [0.05, 0.1) is 15.7 Å². The van der Waals surface area contributed by atoms with Gasteiger partial charge in [-0.05, 0) is 36.5 Å². The Bertz CT molecular complexity index is 615. The van der Waals surface area contributed by atoms with Crippen LogP contribution in [-0.2, 0) is 10.2 Å². The van der Waals surface area contributed by atoms with Crippen LogP contribution >= 0.6 is 23.2 Å². The van der Waals surface area contributed by atoms with Gasteiger partial charge in [-0.1, -0.05) is 49.2 Å². The molecule has 1 aliphatic rings. The van der Waals surface area contributed by atoms with E-state index in [1.807, 2.05) is 30.5 Å². The van der Waals surface area contributed by atoms with Gasteiger partial charge in [0.1, 0.15) is 6.26 Å². The van der Waals surface area contributed by atoms with Gasteiger partial charge in [-0.2, -0.15) is 0 Å². The van der Waals surface area contributed by atoms with Crippen LogP contribution in [0.25, 0.3) is 0 Å². The Morgan fingerprint density at radius 2 is 2.12 bits per heavy atom. The van der Waals surface area contributed by atoms with Crippen LogP contribution in [0.3, 0.4) is 0 Å². The molecule has 0 fully saturated rings. The summed E-state index contributed by atoms with van der Waals surface area (Å²) in [6, 6.07) is 5.75. The average molecular weight is 369 g/mol.